The molecule has 1 unspecified atom stereocenters. The summed E-state index contributed by atoms with van der Waals surface area (Å²) in [7, 11) is 0. The van der Waals surface area contributed by atoms with Crippen molar-refractivity contribution in [2.45, 2.75) is 259 Å². The Kier molecular flexibility index (Phi) is 39.4. The average molecular weight is 705 g/mol. The molecule has 50 heavy (non-hydrogen) atoms. The Morgan fingerprint density at radius 1 is 0.460 bits per heavy atom. The second kappa shape index (κ2) is 40.5. The largest absolute Gasteiger partial charge is 0.463 e. The maximum Gasteiger partial charge on any atom is 0.347 e. The molecule has 1 atom stereocenters. The molecule has 0 heterocycles. The standard InChI is InChI=1S/C46H88O4/c1-5-7-9-11-13-15-17-19-21-23-25-27-29-33-37-41-45(47)50-44(46(48)49-42-38-34-30-31-35-39-43(3)4)40-36-32-28-26-24-22-20-18-16-14-12-10-8-6-2/h19,21,43-44H,5-18,20,22-42H2,1-4H3/b21-19-. The second-order valence-corrected chi connectivity index (χ2v) is 15.8. The molecule has 4 nitrogen and oxygen atoms in total. The first-order chi connectivity index (χ1) is 24.5. The molecule has 0 rings (SSSR count). The Labute approximate surface area is 313 Å². The summed E-state index contributed by atoms with van der Waals surface area (Å²) in [6.07, 6.45) is 46.2. The third-order valence-electron chi connectivity index (χ3n) is 10.2. The number of unbranched alkanes of at least 4 members (excludes halogenated alkanes) is 28. The fraction of sp³-hybridized carbons (Fsp3) is 0.913. The van der Waals surface area contributed by atoms with Gasteiger partial charge in [0.05, 0.1) is 6.61 Å². The molecule has 0 bridgehead atoms. The molecule has 4 heteroatoms. The summed E-state index contributed by atoms with van der Waals surface area (Å²) < 4.78 is 11.4. The monoisotopic (exact) mass is 705 g/mol. The summed E-state index contributed by atoms with van der Waals surface area (Å²) in [5.41, 5.74) is 0. The second-order valence-electron chi connectivity index (χ2n) is 15.8. The van der Waals surface area contributed by atoms with Gasteiger partial charge in [-0.15, -0.1) is 0 Å². The van der Waals surface area contributed by atoms with Crippen molar-refractivity contribution in [1.29, 1.82) is 0 Å². The SMILES string of the molecule is CCCCCCCC/C=C\CCCCCCCC(=O)OC(CCCCCCCCCCCCCCCC)C(=O)OCCCCCCCC(C)C. The predicted molar refractivity (Wildman–Crippen MR) is 218 cm³/mol. The minimum atomic E-state index is -0.742. The summed E-state index contributed by atoms with van der Waals surface area (Å²) in [6, 6.07) is 0. The smallest absolute Gasteiger partial charge is 0.347 e. The topological polar surface area (TPSA) is 52.6 Å². The van der Waals surface area contributed by atoms with Crippen LogP contribution >= 0.6 is 0 Å². The van der Waals surface area contributed by atoms with E-state index in [0.29, 0.717) is 19.4 Å². The van der Waals surface area contributed by atoms with Crippen LogP contribution in [-0.4, -0.2) is 24.6 Å². The predicted octanol–water partition coefficient (Wildman–Crippen LogP) is 15.3. The van der Waals surface area contributed by atoms with E-state index >= 15 is 0 Å². The van der Waals surface area contributed by atoms with Gasteiger partial charge in [0.25, 0.3) is 0 Å². The van der Waals surface area contributed by atoms with Gasteiger partial charge >= 0.3 is 11.9 Å². The van der Waals surface area contributed by atoms with Gasteiger partial charge in [0, 0.05) is 6.42 Å². The lowest BCUT2D eigenvalue weighted by molar-refractivity contribution is -0.168. The summed E-state index contributed by atoms with van der Waals surface area (Å²) in [6.45, 7) is 9.54. The highest BCUT2D eigenvalue weighted by molar-refractivity contribution is 5.79. The van der Waals surface area contributed by atoms with E-state index in [-0.39, 0.29) is 11.9 Å². The van der Waals surface area contributed by atoms with Crippen molar-refractivity contribution in [2.24, 2.45) is 5.92 Å². The summed E-state index contributed by atoms with van der Waals surface area (Å²) in [5, 5.41) is 0. The molecule has 0 aromatic carbocycles. The molecule has 0 fully saturated rings. The van der Waals surface area contributed by atoms with Gasteiger partial charge in [-0.2, -0.15) is 0 Å². The van der Waals surface area contributed by atoms with Crippen LogP contribution < -0.4 is 0 Å². The summed E-state index contributed by atoms with van der Waals surface area (Å²) in [4.78, 5) is 25.7. The minimum absolute atomic E-state index is 0.236. The lowest BCUT2D eigenvalue weighted by atomic mass is 10.0. The Morgan fingerprint density at radius 2 is 0.840 bits per heavy atom. The van der Waals surface area contributed by atoms with Gasteiger partial charge in [-0.05, 0) is 57.3 Å². The van der Waals surface area contributed by atoms with Crippen LogP contribution in [0, 0.1) is 5.92 Å². The van der Waals surface area contributed by atoms with Crippen molar-refractivity contribution in [1.82, 2.24) is 0 Å². The fourth-order valence-electron chi connectivity index (χ4n) is 6.76. The fourth-order valence-corrected chi connectivity index (χ4v) is 6.76. The zero-order chi connectivity index (χ0) is 36.6. The van der Waals surface area contributed by atoms with Crippen LogP contribution in [0.4, 0.5) is 0 Å². The van der Waals surface area contributed by atoms with Crippen LogP contribution in [0.15, 0.2) is 12.2 Å². The molecule has 0 N–H and O–H groups in total. The highest BCUT2D eigenvalue weighted by Gasteiger charge is 2.24. The zero-order valence-corrected chi connectivity index (χ0v) is 34.4. The van der Waals surface area contributed by atoms with E-state index in [4.69, 9.17) is 9.47 Å². The number of esters is 2. The van der Waals surface area contributed by atoms with E-state index in [0.717, 1.165) is 50.9 Å². The quantitative estimate of drug-likeness (QED) is 0.0362. The van der Waals surface area contributed by atoms with Crippen molar-refractivity contribution in [3.8, 4) is 0 Å². The highest BCUT2D eigenvalue weighted by Crippen LogP contribution is 2.17. The van der Waals surface area contributed by atoms with Gasteiger partial charge in [-0.25, -0.2) is 4.79 Å². The van der Waals surface area contributed by atoms with E-state index < -0.39 is 6.10 Å². The van der Waals surface area contributed by atoms with Gasteiger partial charge in [-0.3, -0.25) is 4.79 Å². The Hall–Kier alpha value is -1.32. The number of carbonyl (C=O) groups is 2. The van der Waals surface area contributed by atoms with Crippen molar-refractivity contribution in [2.75, 3.05) is 6.61 Å². The van der Waals surface area contributed by atoms with E-state index in [9.17, 15) is 9.59 Å². The average Bonchev–Trinajstić information content (AvgIpc) is 3.10. The molecule has 0 aromatic heterocycles. The van der Waals surface area contributed by atoms with E-state index in [1.165, 1.54) is 167 Å². The molecule has 296 valence electrons. The van der Waals surface area contributed by atoms with E-state index in [2.05, 4.69) is 39.8 Å². The number of rotatable bonds is 40. The third kappa shape index (κ3) is 37.9. The lowest BCUT2D eigenvalue weighted by Crippen LogP contribution is -2.29. The highest BCUT2D eigenvalue weighted by atomic mass is 16.6. The Balaban J connectivity index is 4.20. The van der Waals surface area contributed by atoms with Gasteiger partial charge in [0.2, 0.25) is 0 Å². The molecule has 0 radical (unpaired) electrons. The number of hydrogen-bond acceptors (Lipinski definition) is 4. The van der Waals surface area contributed by atoms with Crippen LogP contribution in [0.5, 0.6) is 0 Å². The number of hydrogen-bond donors (Lipinski definition) is 0. The maximum absolute atomic E-state index is 13.0. The van der Waals surface area contributed by atoms with Gasteiger partial charge in [0.1, 0.15) is 0 Å². The molecular formula is C46H88O4. The number of ether oxygens (including phenoxy) is 2. The first-order valence-corrected chi connectivity index (χ1v) is 22.5. The molecule has 0 aliphatic carbocycles. The zero-order valence-electron chi connectivity index (χ0n) is 34.4. The molecule has 0 spiro atoms. The Morgan fingerprint density at radius 3 is 1.30 bits per heavy atom. The first-order valence-electron chi connectivity index (χ1n) is 22.5. The first kappa shape index (κ1) is 48.7. The molecule has 0 aromatic rings. The van der Waals surface area contributed by atoms with Crippen molar-refractivity contribution >= 4 is 11.9 Å². The van der Waals surface area contributed by atoms with Crippen molar-refractivity contribution in [3.05, 3.63) is 12.2 Å². The van der Waals surface area contributed by atoms with Crippen molar-refractivity contribution in [3.63, 3.8) is 0 Å². The molecular weight excluding hydrogens is 617 g/mol. The van der Waals surface area contributed by atoms with Crippen molar-refractivity contribution < 1.29 is 19.1 Å². The summed E-state index contributed by atoms with van der Waals surface area (Å²) >= 11 is 0. The lowest BCUT2D eigenvalue weighted by Gasteiger charge is -2.17. The van der Waals surface area contributed by atoms with Crippen LogP contribution in [-0.2, 0) is 19.1 Å². The normalized spacial score (nSPS) is 12.3. The van der Waals surface area contributed by atoms with E-state index in [1.54, 1.807) is 0 Å². The van der Waals surface area contributed by atoms with Gasteiger partial charge in [-0.1, -0.05) is 207 Å². The minimum Gasteiger partial charge on any atom is -0.463 e. The van der Waals surface area contributed by atoms with Crippen LogP contribution in [0.3, 0.4) is 0 Å². The number of allylic oxidation sites excluding steroid dienone is 2. The maximum atomic E-state index is 13.0. The van der Waals surface area contributed by atoms with E-state index in [1.807, 2.05) is 0 Å². The molecule has 0 saturated carbocycles. The van der Waals surface area contributed by atoms with Crippen LogP contribution in [0.25, 0.3) is 0 Å². The van der Waals surface area contributed by atoms with Crippen LogP contribution in [0.1, 0.15) is 252 Å². The van der Waals surface area contributed by atoms with Gasteiger partial charge < -0.3 is 9.47 Å². The number of carbonyl (C=O) groups excluding carboxylic acids is 2. The van der Waals surface area contributed by atoms with Gasteiger partial charge in [0.15, 0.2) is 6.10 Å². The third-order valence-corrected chi connectivity index (χ3v) is 10.2. The molecule has 0 aliphatic heterocycles. The molecule has 0 amide bonds. The summed E-state index contributed by atoms with van der Waals surface area (Å²) in [5.74, 6) is 0.199. The Bertz CT molecular complexity index is 730. The molecule has 0 saturated heterocycles. The molecule has 0 aliphatic rings. The van der Waals surface area contributed by atoms with Crippen LogP contribution in [0.2, 0.25) is 0 Å².